The van der Waals surface area contributed by atoms with Gasteiger partial charge in [-0.15, -0.1) is 0 Å². The number of amidine groups is 1. The highest BCUT2D eigenvalue weighted by molar-refractivity contribution is 8.14. The number of hydrogen-bond acceptors (Lipinski definition) is 3. The van der Waals surface area contributed by atoms with Crippen LogP contribution in [0.25, 0.3) is 0 Å². The summed E-state index contributed by atoms with van der Waals surface area (Å²) in [6.07, 6.45) is -3.37. The second-order valence-corrected chi connectivity index (χ2v) is 5.47. The van der Waals surface area contributed by atoms with E-state index >= 15 is 0 Å². The van der Waals surface area contributed by atoms with Crippen molar-refractivity contribution >= 4 is 22.6 Å². The third-order valence-electron chi connectivity index (χ3n) is 2.99. The Kier molecular flexibility index (Phi) is 4.08. The summed E-state index contributed by atoms with van der Waals surface area (Å²) in [6.45, 7) is 3.83. The van der Waals surface area contributed by atoms with E-state index in [1.807, 2.05) is 6.92 Å². The van der Waals surface area contributed by atoms with Crippen molar-refractivity contribution in [3.63, 3.8) is 0 Å². The summed E-state index contributed by atoms with van der Waals surface area (Å²) in [6, 6.07) is 3.97. The maximum absolute atomic E-state index is 12.7. The van der Waals surface area contributed by atoms with Gasteiger partial charge in [0, 0.05) is 11.4 Å². The van der Waals surface area contributed by atoms with E-state index in [0.717, 1.165) is 29.9 Å². The Morgan fingerprint density at radius 1 is 1.42 bits per heavy atom. The summed E-state index contributed by atoms with van der Waals surface area (Å²) < 4.78 is 38.0. The van der Waals surface area contributed by atoms with Gasteiger partial charge in [-0.05, 0) is 31.0 Å². The predicted molar refractivity (Wildman–Crippen MR) is 73.8 cm³/mol. The van der Waals surface area contributed by atoms with Crippen molar-refractivity contribution in [2.24, 2.45) is 4.99 Å². The molecule has 0 amide bonds. The summed E-state index contributed by atoms with van der Waals surface area (Å²) in [5.74, 6) is 0.886. The van der Waals surface area contributed by atoms with E-state index in [-0.39, 0.29) is 6.04 Å². The molecule has 0 saturated heterocycles. The number of benzene rings is 1. The minimum Gasteiger partial charge on any atom is -0.335 e. The predicted octanol–water partition coefficient (Wildman–Crippen LogP) is 4.31. The van der Waals surface area contributed by atoms with Gasteiger partial charge in [0.2, 0.25) is 0 Å². The number of anilines is 1. The van der Waals surface area contributed by atoms with Gasteiger partial charge in [-0.3, -0.25) is 4.99 Å². The molecule has 1 aromatic rings. The van der Waals surface area contributed by atoms with E-state index in [4.69, 9.17) is 0 Å². The summed E-state index contributed by atoms with van der Waals surface area (Å²) >= 11 is 1.55. The van der Waals surface area contributed by atoms with Gasteiger partial charge in [0.15, 0.2) is 5.17 Å². The second kappa shape index (κ2) is 5.45. The van der Waals surface area contributed by atoms with Crippen LogP contribution >= 0.6 is 11.8 Å². The van der Waals surface area contributed by atoms with Crippen molar-refractivity contribution in [3.8, 4) is 0 Å². The first-order valence-corrected chi connectivity index (χ1v) is 7.04. The largest absolute Gasteiger partial charge is 0.416 e. The topological polar surface area (TPSA) is 24.4 Å². The molecule has 1 N–H and O–H groups in total. The van der Waals surface area contributed by atoms with Gasteiger partial charge in [-0.25, -0.2) is 0 Å². The number of rotatable bonds is 2. The zero-order valence-electron chi connectivity index (χ0n) is 10.7. The maximum Gasteiger partial charge on any atom is 0.416 e. The number of thioether (sulfide) groups is 1. The fraction of sp³-hybridized carbons (Fsp3) is 0.462. The van der Waals surface area contributed by atoms with Crippen molar-refractivity contribution in [3.05, 3.63) is 29.3 Å². The fourth-order valence-corrected chi connectivity index (χ4v) is 2.81. The standard InChI is InChI=1S/C13H15F3N2S/c1-3-10-7-19-12(17-10)18-11-6-9(13(14,15)16)5-4-8(11)2/h4-6,10H,3,7H2,1-2H3,(H,17,18). The number of hydrogen-bond donors (Lipinski definition) is 1. The Bertz CT molecular complexity index is 497. The van der Waals surface area contributed by atoms with Crippen LogP contribution in [0.15, 0.2) is 23.2 Å². The van der Waals surface area contributed by atoms with Gasteiger partial charge in [-0.1, -0.05) is 24.8 Å². The highest BCUT2D eigenvalue weighted by Crippen LogP contribution is 2.32. The van der Waals surface area contributed by atoms with Crippen molar-refractivity contribution in [1.29, 1.82) is 0 Å². The molecule has 2 rings (SSSR count). The lowest BCUT2D eigenvalue weighted by Crippen LogP contribution is -2.10. The SMILES string of the molecule is CCC1CSC(Nc2cc(C(F)(F)F)ccc2C)=N1. The Morgan fingerprint density at radius 2 is 2.16 bits per heavy atom. The molecular weight excluding hydrogens is 273 g/mol. The summed E-state index contributed by atoms with van der Waals surface area (Å²) in [5.41, 5.74) is 0.602. The normalized spacial score (nSPS) is 19.4. The molecule has 2 nitrogen and oxygen atoms in total. The summed E-state index contributed by atoms with van der Waals surface area (Å²) in [4.78, 5) is 4.42. The number of nitrogens with one attached hydrogen (secondary N) is 1. The smallest absolute Gasteiger partial charge is 0.335 e. The highest BCUT2D eigenvalue weighted by atomic mass is 32.2. The molecule has 104 valence electrons. The molecule has 1 aliphatic heterocycles. The molecule has 0 fully saturated rings. The zero-order valence-corrected chi connectivity index (χ0v) is 11.5. The molecule has 19 heavy (non-hydrogen) atoms. The molecule has 1 atom stereocenters. The van der Waals surface area contributed by atoms with Crippen molar-refractivity contribution in [2.75, 3.05) is 11.1 Å². The fourth-order valence-electron chi connectivity index (χ4n) is 1.74. The molecule has 0 aromatic heterocycles. The summed E-state index contributed by atoms with van der Waals surface area (Å²) in [5, 5.41) is 3.70. The van der Waals surface area contributed by atoms with Gasteiger partial charge in [-0.2, -0.15) is 13.2 Å². The number of aliphatic imine (C=N–C) groups is 1. The molecule has 1 heterocycles. The van der Waals surface area contributed by atoms with Crippen LogP contribution in [0.3, 0.4) is 0 Å². The minimum atomic E-state index is -4.32. The van der Waals surface area contributed by atoms with E-state index in [0.29, 0.717) is 10.9 Å². The Balaban J connectivity index is 2.21. The van der Waals surface area contributed by atoms with Gasteiger partial charge >= 0.3 is 6.18 Å². The van der Waals surface area contributed by atoms with Gasteiger partial charge in [0.25, 0.3) is 0 Å². The Labute approximate surface area is 114 Å². The molecule has 1 aliphatic rings. The van der Waals surface area contributed by atoms with E-state index in [2.05, 4.69) is 10.3 Å². The zero-order chi connectivity index (χ0) is 14.0. The molecule has 0 spiro atoms. The van der Waals surface area contributed by atoms with Crippen LogP contribution in [0.2, 0.25) is 0 Å². The van der Waals surface area contributed by atoms with E-state index in [1.54, 1.807) is 18.7 Å². The Morgan fingerprint density at radius 3 is 2.74 bits per heavy atom. The average Bonchev–Trinajstić information content (AvgIpc) is 2.78. The van der Waals surface area contributed by atoms with Gasteiger partial charge < -0.3 is 5.32 Å². The third-order valence-corrected chi connectivity index (χ3v) is 4.02. The first-order chi connectivity index (χ1) is 8.90. The monoisotopic (exact) mass is 288 g/mol. The van der Waals surface area contributed by atoms with Crippen molar-refractivity contribution in [2.45, 2.75) is 32.5 Å². The first kappa shape index (κ1) is 14.2. The lowest BCUT2D eigenvalue weighted by Gasteiger charge is -2.12. The number of aryl methyl sites for hydroxylation is 1. The van der Waals surface area contributed by atoms with E-state index in [1.165, 1.54) is 6.07 Å². The van der Waals surface area contributed by atoms with Crippen LogP contribution < -0.4 is 5.32 Å². The Hall–Kier alpha value is -1.17. The van der Waals surface area contributed by atoms with E-state index < -0.39 is 11.7 Å². The molecule has 1 unspecified atom stereocenters. The quantitative estimate of drug-likeness (QED) is 0.877. The van der Waals surface area contributed by atoms with Gasteiger partial charge in [0.1, 0.15) is 0 Å². The molecule has 1 aromatic carbocycles. The van der Waals surface area contributed by atoms with Gasteiger partial charge in [0.05, 0.1) is 11.6 Å². The number of halogens is 3. The summed E-state index contributed by atoms with van der Waals surface area (Å²) in [7, 11) is 0. The van der Waals surface area contributed by atoms with E-state index in [9.17, 15) is 13.2 Å². The van der Waals surface area contributed by atoms with Crippen LogP contribution in [0, 0.1) is 6.92 Å². The minimum absolute atomic E-state index is 0.263. The molecule has 0 bridgehead atoms. The second-order valence-electron chi connectivity index (χ2n) is 4.46. The van der Waals surface area contributed by atoms with Crippen LogP contribution in [-0.2, 0) is 6.18 Å². The average molecular weight is 288 g/mol. The number of alkyl halides is 3. The van der Waals surface area contributed by atoms with Crippen molar-refractivity contribution in [1.82, 2.24) is 0 Å². The van der Waals surface area contributed by atoms with Crippen LogP contribution in [0.1, 0.15) is 24.5 Å². The first-order valence-electron chi connectivity index (χ1n) is 6.05. The molecular formula is C13H15F3N2S. The lowest BCUT2D eigenvalue weighted by atomic mass is 10.1. The number of nitrogens with zero attached hydrogens (tertiary/aromatic N) is 1. The van der Waals surface area contributed by atoms with Crippen LogP contribution in [-0.4, -0.2) is 17.0 Å². The maximum atomic E-state index is 12.7. The van der Waals surface area contributed by atoms with Crippen LogP contribution in [0.5, 0.6) is 0 Å². The molecule has 6 heteroatoms. The molecule has 0 radical (unpaired) electrons. The third kappa shape index (κ3) is 3.43. The van der Waals surface area contributed by atoms with Crippen LogP contribution in [0.4, 0.5) is 18.9 Å². The lowest BCUT2D eigenvalue weighted by molar-refractivity contribution is -0.137. The molecule has 0 aliphatic carbocycles. The molecule has 0 saturated carbocycles. The van der Waals surface area contributed by atoms with Crippen molar-refractivity contribution < 1.29 is 13.2 Å². The highest BCUT2D eigenvalue weighted by Gasteiger charge is 2.31.